The largest absolute Gasteiger partial charge is 0.323 e. The van der Waals surface area contributed by atoms with Crippen LogP contribution in [0.25, 0.3) is 11.5 Å². The quantitative estimate of drug-likeness (QED) is 0.660. The Morgan fingerprint density at radius 1 is 1.23 bits per heavy atom. The lowest BCUT2D eigenvalue weighted by molar-refractivity contribution is 0.0996. The van der Waals surface area contributed by atoms with Crippen molar-refractivity contribution in [2.75, 3.05) is 4.90 Å². The van der Waals surface area contributed by atoms with E-state index in [1.165, 1.54) is 0 Å². The Hall–Kier alpha value is -3.13. The zero-order valence-corrected chi connectivity index (χ0v) is 18.2. The van der Waals surface area contributed by atoms with Gasteiger partial charge in [0.2, 0.25) is 0 Å². The Morgan fingerprint density at radius 3 is 2.74 bits per heavy atom. The second-order valence-electron chi connectivity index (χ2n) is 8.71. The van der Waals surface area contributed by atoms with Crippen LogP contribution in [0.5, 0.6) is 0 Å². The van der Waals surface area contributed by atoms with Crippen molar-refractivity contribution in [3.63, 3.8) is 0 Å². The first-order valence-corrected chi connectivity index (χ1v) is 10.9. The molecule has 1 aliphatic heterocycles. The van der Waals surface area contributed by atoms with E-state index < -0.39 is 0 Å². The van der Waals surface area contributed by atoms with Gasteiger partial charge in [-0.2, -0.15) is 0 Å². The fraction of sp³-hybridized carbons (Fsp3) is 0.435. The Morgan fingerprint density at radius 2 is 2.03 bits per heavy atom. The predicted molar refractivity (Wildman–Crippen MR) is 117 cm³/mol. The van der Waals surface area contributed by atoms with Crippen LogP contribution in [0.1, 0.15) is 73.4 Å². The first-order valence-electron chi connectivity index (χ1n) is 10.9. The first kappa shape index (κ1) is 19.8. The number of hydrogen-bond donors (Lipinski definition) is 1. The predicted octanol–water partition coefficient (Wildman–Crippen LogP) is 3.38. The Kier molecular flexibility index (Phi) is 4.62. The van der Waals surface area contributed by atoms with E-state index in [9.17, 15) is 4.79 Å². The summed E-state index contributed by atoms with van der Waals surface area (Å²) in [6.45, 7) is 7.45. The Labute approximate surface area is 181 Å². The number of rotatable bonds is 6. The van der Waals surface area contributed by atoms with Gasteiger partial charge in [-0.05, 0) is 44.4 Å². The number of nitrogens with zero attached hydrogens (tertiary/aromatic N) is 6. The highest BCUT2D eigenvalue weighted by Crippen LogP contribution is 2.48. The van der Waals surface area contributed by atoms with E-state index in [4.69, 9.17) is 15.7 Å². The van der Waals surface area contributed by atoms with Gasteiger partial charge in [0.25, 0.3) is 5.91 Å². The normalized spacial score (nSPS) is 17.7. The van der Waals surface area contributed by atoms with E-state index >= 15 is 0 Å². The molecule has 1 amide bonds. The number of carbonyl (C=O) groups excluding carboxylic acids is 1. The fourth-order valence-electron chi connectivity index (χ4n) is 4.14. The lowest BCUT2D eigenvalue weighted by Gasteiger charge is -2.17. The number of pyridine rings is 2. The zero-order valence-electron chi connectivity index (χ0n) is 18.2. The summed E-state index contributed by atoms with van der Waals surface area (Å²) in [4.78, 5) is 24.9. The monoisotopic (exact) mass is 417 g/mol. The maximum atomic E-state index is 13.5. The summed E-state index contributed by atoms with van der Waals surface area (Å²) in [6.07, 6.45) is 4.65. The van der Waals surface area contributed by atoms with E-state index in [0.29, 0.717) is 29.4 Å². The molecule has 2 N–H and O–H groups in total. The second-order valence-corrected chi connectivity index (χ2v) is 8.71. The van der Waals surface area contributed by atoms with Crippen molar-refractivity contribution in [3.05, 3.63) is 53.1 Å². The third-order valence-electron chi connectivity index (χ3n) is 6.55. The van der Waals surface area contributed by atoms with Gasteiger partial charge in [0.05, 0.1) is 12.2 Å². The molecule has 0 spiro atoms. The number of nitrogens with two attached hydrogens (primary N) is 1. The van der Waals surface area contributed by atoms with Crippen molar-refractivity contribution in [1.29, 1.82) is 0 Å². The average Bonchev–Trinajstić information content (AvgIpc) is 3.23. The van der Waals surface area contributed by atoms with Crippen molar-refractivity contribution in [1.82, 2.24) is 24.7 Å². The van der Waals surface area contributed by atoms with Gasteiger partial charge in [0.1, 0.15) is 17.8 Å². The molecule has 31 heavy (non-hydrogen) atoms. The van der Waals surface area contributed by atoms with Crippen LogP contribution in [0.15, 0.2) is 30.6 Å². The molecule has 5 rings (SSSR count). The molecule has 0 unspecified atom stereocenters. The van der Waals surface area contributed by atoms with Crippen LogP contribution in [0.4, 0.5) is 5.82 Å². The summed E-state index contributed by atoms with van der Waals surface area (Å²) in [5.41, 5.74) is 10.6. The molecule has 1 aliphatic carbocycles. The van der Waals surface area contributed by atoms with Gasteiger partial charge in [-0.1, -0.05) is 19.9 Å². The molecule has 8 heteroatoms. The molecule has 160 valence electrons. The molecule has 1 saturated carbocycles. The van der Waals surface area contributed by atoms with Gasteiger partial charge in [-0.15, -0.1) is 10.2 Å². The Bertz CT molecular complexity index is 1160. The van der Waals surface area contributed by atoms with Crippen LogP contribution in [0, 0.1) is 0 Å². The van der Waals surface area contributed by atoms with E-state index in [1.54, 1.807) is 11.2 Å². The molecule has 4 heterocycles. The summed E-state index contributed by atoms with van der Waals surface area (Å²) in [6, 6.07) is 7.44. The van der Waals surface area contributed by atoms with E-state index in [1.807, 2.05) is 42.7 Å². The maximum Gasteiger partial charge on any atom is 0.260 e. The topological polar surface area (TPSA) is 103 Å². The highest BCUT2D eigenvalue weighted by Gasteiger charge is 2.43. The highest BCUT2D eigenvalue weighted by atomic mass is 16.2. The summed E-state index contributed by atoms with van der Waals surface area (Å²) in [5.74, 6) is 1.24. The van der Waals surface area contributed by atoms with E-state index in [0.717, 1.165) is 42.8 Å². The minimum absolute atomic E-state index is 0.0472. The van der Waals surface area contributed by atoms with Gasteiger partial charge in [0, 0.05) is 34.8 Å². The van der Waals surface area contributed by atoms with Gasteiger partial charge in [-0.25, -0.2) is 4.98 Å². The SMILES string of the molecule is CC[C@H](N)c1nc(C2(C)CC2)cc2c1CN(c1cccc(-c3nncn3CC)n1)C2=O. The van der Waals surface area contributed by atoms with Crippen LogP contribution >= 0.6 is 0 Å². The number of aromatic nitrogens is 5. The third kappa shape index (κ3) is 3.22. The van der Waals surface area contributed by atoms with Gasteiger partial charge < -0.3 is 10.3 Å². The number of carbonyl (C=O) groups is 1. The van der Waals surface area contributed by atoms with E-state index in [2.05, 4.69) is 17.1 Å². The molecule has 0 bridgehead atoms. The first-order chi connectivity index (χ1) is 14.9. The number of hydrogen-bond acceptors (Lipinski definition) is 6. The number of amides is 1. The van der Waals surface area contributed by atoms with Gasteiger partial charge in [-0.3, -0.25) is 14.7 Å². The molecule has 3 aromatic heterocycles. The number of anilines is 1. The number of fused-ring (bicyclic) bond motifs is 1. The maximum absolute atomic E-state index is 13.5. The Balaban J connectivity index is 1.55. The van der Waals surface area contributed by atoms with Crippen LogP contribution in [-0.4, -0.2) is 30.6 Å². The minimum Gasteiger partial charge on any atom is -0.323 e. The van der Waals surface area contributed by atoms with Crippen LogP contribution < -0.4 is 10.6 Å². The number of aryl methyl sites for hydroxylation is 1. The van der Waals surface area contributed by atoms with E-state index in [-0.39, 0.29) is 17.4 Å². The van der Waals surface area contributed by atoms with Crippen LogP contribution in [-0.2, 0) is 18.5 Å². The summed E-state index contributed by atoms with van der Waals surface area (Å²) >= 11 is 0. The average molecular weight is 418 g/mol. The molecule has 0 aromatic carbocycles. The fourth-order valence-corrected chi connectivity index (χ4v) is 4.14. The summed E-state index contributed by atoms with van der Waals surface area (Å²) in [5, 5.41) is 8.19. The van der Waals surface area contributed by atoms with Crippen molar-refractivity contribution in [2.45, 2.75) is 64.6 Å². The third-order valence-corrected chi connectivity index (χ3v) is 6.55. The molecule has 1 fully saturated rings. The lowest BCUT2D eigenvalue weighted by atomic mass is 9.96. The standard InChI is InChI=1S/C23H27N7O/c1-4-16(24)20-15-12-30(22(31)14(15)11-18(27-20)23(3)9-10-23)19-8-6-7-17(26-19)21-28-25-13-29(21)5-2/h6-8,11,13,16H,4-5,9-10,12,24H2,1-3H3/t16-/m0/s1. The smallest absolute Gasteiger partial charge is 0.260 e. The van der Waals surface area contributed by atoms with Crippen molar-refractivity contribution < 1.29 is 4.79 Å². The van der Waals surface area contributed by atoms with Crippen molar-refractivity contribution in [3.8, 4) is 11.5 Å². The lowest BCUT2D eigenvalue weighted by Crippen LogP contribution is -2.24. The molecule has 3 aromatic rings. The zero-order chi connectivity index (χ0) is 21.8. The van der Waals surface area contributed by atoms with Crippen LogP contribution in [0.2, 0.25) is 0 Å². The van der Waals surface area contributed by atoms with Gasteiger partial charge in [0.15, 0.2) is 5.82 Å². The second kappa shape index (κ2) is 7.23. The van der Waals surface area contributed by atoms with Crippen molar-refractivity contribution in [2.24, 2.45) is 5.73 Å². The van der Waals surface area contributed by atoms with Crippen LogP contribution in [0.3, 0.4) is 0 Å². The molecular weight excluding hydrogens is 390 g/mol. The molecule has 0 radical (unpaired) electrons. The van der Waals surface area contributed by atoms with Crippen molar-refractivity contribution >= 4 is 11.7 Å². The highest BCUT2D eigenvalue weighted by molar-refractivity contribution is 6.10. The molecular formula is C23H27N7O. The summed E-state index contributed by atoms with van der Waals surface area (Å²) in [7, 11) is 0. The molecule has 8 nitrogen and oxygen atoms in total. The molecule has 0 saturated heterocycles. The summed E-state index contributed by atoms with van der Waals surface area (Å²) < 4.78 is 1.93. The molecule has 1 atom stereocenters. The molecule has 2 aliphatic rings. The minimum atomic E-state index is -0.189. The van der Waals surface area contributed by atoms with Gasteiger partial charge >= 0.3 is 0 Å².